The van der Waals surface area contributed by atoms with Crippen LogP contribution >= 0.6 is 8.60 Å². The molecule has 0 atom stereocenters. The first-order valence-corrected chi connectivity index (χ1v) is 9.28. The van der Waals surface area contributed by atoms with Gasteiger partial charge < -0.3 is 24.1 Å². The van der Waals surface area contributed by atoms with Crippen LogP contribution in [0.15, 0.2) is 0 Å². The van der Waals surface area contributed by atoms with E-state index >= 15 is 0 Å². The molecule has 0 aromatic carbocycles. The number of hydrogen-bond donors (Lipinski definition) is 2. The summed E-state index contributed by atoms with van der Waals surface area (Å²) in [5.74, 6) is 0. The summed E-state index contributed by atoms with van der Waals surface area (Å²) in [4.78, 5) is 21.0. The fraction of sp³-hybridized carbons (Fsp3) is 1.00. The maximum absolute atomic E-state index is 8.12. The van der Waals surface area contributed by atoms with Crippen LogP contribution in [0.2, 0.25) is 0 Å². The van der Waals surface area contributed by atoms with E-state index in [2.05, 4.69) is 55.9 Å². The third kappa shape index (κ3) is 25.5. The maximum atomic E-state index is 8.12. The highest BCUT2D eigenvalue weighted by molar-refractivity contribution is 7.39. The molecule has 132 valence electrons. The SMILES string of the molecule is CC(C)OP(O)O.CCN(CC)CC.CCN(CC)CC. The third-order valence-electron chi connectivity index (χ3n) is 2.99. The summed E-state index contributed by atoms with van der Waals surface area (Å²) in [5, 5.41) is 0. The van der Waals surface area contributed by atoms with Crippen LogP contribution in [-0.4, -0.2) is 65.0 Å². The van der Waals surface area contributed by atoms with Crippen molar-refractivity contribution in [3.63, 3.8) is 0 Å². The van der Waals surface area contributed by atoms with Crippen molar-refractivity contribution in [3.05, 3.63) is 0 Å². The van der Waals surface area contributed by atoms with E-state index in [1.165, 1.54) is 39.3 Å². The zero-order chi connectivity index (χ0) is 17.3. The molecule has 0 fully saturated rings. The van der Waals surface area contributed by atoms with Crippen molar-refractivity contribution in [1.82, 2.24) is 9.80 Å². The molecular weight excluding hydrogens is 287 g/mol. The molecule has 0 saturated carbocycles. The summed E-state index contributed by atoms with van der Waals surface area (Å²) in [6, 6.07) is 0. The minimum atomic E-state index is -2.14. The lowest BCUT2D eigenvalue weighted by molar-refractivity contribution is 0.201. The van der Waals surface area contributed by atoms with Crippen LogP contribution in [0.1, 0.15) is 55.4 Å². The molecule has 0 rings (SSSR count). The molecule has 5 nitrogen and oxygen atoms in total. The Hall–Kier alpha value is 0.230. The summed E-state index contributed by atoms with van der Waals surface area (Å²) < 4.78 is 4.43. The summed E-state index contributed by atoms with van der Waals surface area (Å²) in [5.41, 5.74) is 0. The quantitative estimate of drug-likeness (QED) is 0.670. The van der Waals surface area contributed by atoms with Crippen molar-refractivity contribution >= 4 is 8.60 Å². The Bertz CT molecular complexity index is 147. The van der Waals surface area contributed by atoms with E-state index in [0.29, 0.717) is 0 Å². The zero-order valence-electron chi connectivity index (χ0n) is 15.5. The van der Waals surface area contributed by atoms with Crippen molar-refractivity contribution in [2.24, 2.45) is 0 Å². The Morgan fingerprint density at radius 2 is 0.952 bits per heavy atom. The van der Waals surface area contributed by atoms with Crippen LogP contribution in [0, 0.1) is 0 Å². The Balaban J connectivity index is -0.000000231. The third-order valence-corrected chi connectivity index (χ3v) is 3.60. The van der Waals surface area contributed by atoms with E-state index in [4.69, 9.17) is 9.79 Å². The largest absolute Gasteiger partial charge is 0.328 e. The predicted molar refractivity (Wildman–Crippen MR) is 94.5 cm³/mol. The average Bonchev–Trinajstić information content (AvgIpc) is 2.42. The van der Waals surface area contributed by atoms with E-state index in [0.717, 1.165) is 0 Å². The van der Waals surface area contributed by atoms with Gasteiger partial charge in [-0.1, -0.05) is 41.5 Å². The van der Waals surface area contributed by atoms with Gasteiger partial charge in [-0.05, 0) is 53.1 Å². The Kier molecular flexibility index (Phi) is 25.2. The lowest BCUT2D eigenvalue weighted by Crippen LogP contribution is -2.21. The standard InChI is InChI=1S/2C6H15N.C3H9O3P/c2*1-4-7(5-2)6-3;1-3(2)6-7(4)5/h2*4-6H2,1-3H3;3-5H,1-2H3. The van der Waals surface area contributed by atoms with Crippen molar-refractivity contribution in [3.8, 4) is 0 Å². The highest BCUT2D eigenvalue weighted by Crippen LogP contribution is 2.25. The molecular formula is C15H39N2O3P. The van der Waals surface area contributed by atoms with Gasteiger partial charge in [-0.3, -0.25) is 0 Å². The summed E-state index contributed by atoms with van der Waals surface area (Å²) >= 11 is 0. The smallest absolute Gasteiger partial charge is 0.327 e. The molecule has 0 spiro atoms. The lowest BCUT2D eigenvalue weighted by atomic mass is 10.5. The van der Waals surface area contributed by atoms with Crippen LogP contribution in [0.4, 0.5) is 0 Å². The van der Waals surface area contributed by atoms with Crippen molar-refractivity contribution in [1.29, 1.82) is 0 Å². The second kappa shape index (κ2) is 20.2. The average molecular weight is 326 g/mol. The predicted octanol–water partition coefficient (Wildman–Crippen LogP) is 3.32. The van der Waals surface area contributed by atoms with E-state index in [9.17, 15) is 0 Å². The van der Waals surface area contributed by atoms with Gasteiger partial charge in [0.05, 0.1) is 6.10 Å². The van der Waals surface area contributed by atoms with Gasteiger partial charge in [-0.2, -0.15) is 0 Å². The monoisotopic (exact) mass is 326 g/mol. The van der Waals surface area contributed by atoms with Gasteiger partial charge in [0.15, 0.2) is 0 Å². The molecule has 0 aromatic heterocycles. The van der Waals surface area contributed by atoms with Gasteiger partial charge in [0.25, 0.3) is 0 Å². The molecule has 0 unspecified atom stereocenters. The highest BCUT2D eigenvalue weighted by atomic mass is 31.2. The Labute approximate surface area is 134 Å². The lowest BCUT2D eigenvalue weighted by Gasteiger charge is -2.13. The van der Waals surface area contributed by atoms with Crippen LogP contribution in [0.25, 0.3) is 0 Å². The van der Waals surface area contributed by atoms with Gasteiger partial charge in [-0.25, -0.2) is 0 Å². The molecule has 0 aromatic rings. The summed E-state index contributed by atoms with van der Waals surface area (Å²) in [6.45, 7) is 23.7. The molecule has 0 saturated heterocycles. The zero-order valence-corrected chi connectivity index (χ0v) is 16.4. The molecule has 0 bridgehead atoms. The molecule has 21 heavy (non-hydrogen) atoms. The minimum absolute atomic E-state index is 0.0962. The van der Waals surface area contributed by atoms with Crippen LogP contribution in [0.3, 0.4) is 0 Å². The van der Waals surface area contributed by atoms with E-state index in [1.54, 1.807) is 13.8 Å². The maximum Gasteiger partial charge on any atom is 0.327 e. The van der Waals surface area contributed by atoms with Gasteiger partial charge in [0.2, 0.25) is 0 Å². The van der Waals surface area contributed by atoms with Gasteiger partial charge in [-0.15, -0.1) is 0 Å². The highest BCUT2D eigenvalue weighted by Gasteiger charge is 2.00. The molecule has 2 N–H and O–H groups in total. The number of nitrogens with zero attached hydrogens (tertiary/aromatic N) is 2. The number of hydrogen-bond acceptors (Lipinski definition) is 5. The molecule has 0 radical (unpaired) electrons. The van der Waals surface area contributed by atoms with Crippen molar-refractivity contribution in [2.75, 3.05) is 39.3 Å². The summed E-state index contributed by atoms with van der Waals surface area (Å²) in [6.07, 6.45) is -0.0962. The van der Waals surface area contributed by atoms with Gasteiger partial charge in [0.1, 0.15) is 0 Å². The molecule has 0 aliphatic rings. The fourth-order valence-electron chi connectivity index (χ4n) is 1.53. The second-order valence-corrected chi connectivity index (χ2v) is 5.36. The fourth-order valence-corrected chi connectivity index (χ4v) is 1.91. The topological polar surface area (TPSA) is 56.2 Å². The van der Waals surface area contributed by atoms with Crippen LogP contribution in [-0.2, 0) is 4.52 Å². The van der Waals surface area contributed by atoms with Gasteiger partial charge in [0, 0.05) is 0 Å². The molecule has 0 aliphatic carbocycles. The Morgan fingerprint density at radius 1 is 0.714 bits per heavy atom. The minimum Gasteiger partial charge on any atom is -0.328 e. The molecule has 0 heterocycles. The first-order chi connectivity index (χ1) is 9.82. The molecule has 0 amide bonds. The van der Waals surface area contributed by atoms with E-state index in [1.807, 2.05) is 0 Å². The molecule has 0 aliphatic heterocycles. The molecule has 6 heteroatoms. The summed E-state index contributed by atoms with van der Waals surface area (Å²) in [7, 11) is -2.14. The number of rotatable bonds is 8. The normalized spacial score (nSPS) is 10.6. The van der Waals surface area contributed by atoms with Crippen molar-refractivity contribution in [2.45, 2.75) is 61.5 Å². The van der Waals surface area contributed by atoms with E-state index in [-0.39, 0.29) is 6.10 Å². The van der Waals surface area contributed by atoms with E-state index < -0.39 is 8.60 Å². The second-order valence-electron chi connectivity index (χ2n) is 4.65. The first kappa shape index (κ1) is 26.1. The van der Waals surface area contributed by atoms with Crippen molar-refractivity contribution < 1.29 is 14.3 Å². The Morgan fingerprint density at radius 3 is 0.952 bits per heavy atom. The first-order valence-electron chi connectivity index (χ1n) is 8.11. The van der Waals surface area contributed by atoms with Crippen LogP contribution < -0.4 is 0 Å². The van der Waals surface area contributed by atoms with Gasteiger partial charge >= 0.3 is 8.60 Å². The van der Waals surface area contributed by atoms with Crippen LogP contribution in [0.5, 0.6) is 0 Å².